The fourth-order valence-corrected chi connectivity index (χ4v) is 2.94. The van der Waals surface area contributed by atoms with E-state index in [0.717, 1.165) is 6.42 Å². The highest BCUT2D eigenvalue weighted by Crippen LogP contribution is 2.35. The number of benzene rings is 1. The van der Waals surface area contributed by atoms with Crippen molar-refractivity contribution in [3.8, 4) is 10.4 Å². The summed E-state index contributed by atoms with van der Waals surface area (Å²) in [7, 11) is 0. The Morgan fingerprint density at radius 2 is 1.88 bits per heavy atom. The zero-order valence-corrected chi connectivity index (χ0v) is 11.5. The second-order valence-corrected chi connectivity index (χ2v) is 5.60. The maximum absolute atomic E-state index is 3.52. The molecule has 90 valence electrons. The van der Waals surface area contributed by atoms with Gasteiger partial charge < -0.3 is 5.32 Å². The first-order valence-corrected chi connectivity index (χ1v) is 6.97. The second kappa shape index (κ2) is 5.37. The number of thiophene rings is 1. The Balaban J connectivity index is 2.34. The van der Waals surface area contributed by atoms with Crippen LogP contribution >= 0.6 is 11.3 Å². The molecule has 0 radical (unpaired) electrons. The first-order chi connectivity index (χ1) is 8.20. The Bertz CT molecular complexity index is 471. The van der Waals surface area contributed by atoms with Crippen LogP contribution in [0.15, 0.2) is 36.4 Å². The Morgan fingerprint density at radius 1 is 1.18 bits per heavy atom. The molecular formula is C15H19NS. The molecule has 2 rings (SSSR count). The van der Waals surface area contributed by atoms with E-state index < -0.39 is 0 Å². The van der Waals surface area contributed by atoms with Crippen LogP contribution in [0, 0.1) is 0 Å². The van der Waals surface area contributed by atoms with E-state index in [1.807, 2.05) is 11.3 Å². The molecule has 1 aromatic heterocycles. The SMILES string of the molecule is CCc1sc(-c2ccccc2)cc1NC(C)C. The van der Waals surface area contributed by atoms with Crippen molar-refractivity contribution in [3.63, 3.8) is 0 Å². The molecule has 0 aliphatic heterocycles. The molecule has 0 saturated heterocycles. The van der Waals surface area contributed by atoms with E-state index in [-0.39, 0.29) is 0 Å². The van der Waals surface area contributed by atoms with Gasteiger partial charge in [-0.3, -0.25) is 0 Å². The molecule has 0 unspecified atom stereocenters. The first kappa shape index (κ1) is 12.2. The predicted molar refractivity (Wildman–Crippen MR) is 77.9 cm³/mol. The van der Waals surface area contributed by atoms with Crippen LogP contribution in [-0.4, -0.2) is 6.04 Å². The average molecular weight is 245 g/mol. The third-order valence-electron chi connectivity index (χ3n) is 2.63. The van der Waals surface area contributed by atoms with Crippen molar-refractivity contribution in [1.82, 2.24) is 0 Å². The fourth-order valence-electron chi connectivity index (χ4n) is 1.87. The number of anilines is 1. The molecule has 0 amide bonds. The van der Waals surface area contributed by atoms with Crippen molar-refractivity contribution >= 4 is 17.0 Å². The first-order valence-electron chi connectivity index (χ1n) is 6.15. The molecule has 0 fully saturated rings. The Labute approximate surface area is 108 Å². The van der Waals surface area contributed by atoms with Crippen molar-refractivity contribution in [2.45, 2.75) is 33.2 Å². The lowest BCUT2D eigenvalue weighted by Crippen LogP contribution is -2.09. The molecule has 2 heteroatoms. The van der Waals surface area contributed by atoms with Crippen LogP contribution in [0.4, 0.5) is 5.69 Å². The normalized spacial score (nSPS) is 10.8. The van der Waals surface area contributed by atoms with Crippen molar-refractivity contribution < 1.29 is 0 Å². The van der Waals surface area contributed by atoms with Gasteiger partial charge in [0.25, 0.3) is 0 Å². The van der Waals surface area contributed by atoms with Gasteiger partial charge in [-0.05, 0) is 31.9 Å². The quantitative estimate of drug-likeness (QED) is 0.816. The maximum atomic E-state index is 3.52. The zero-order chi connectivity index (χ0) is 12.3. The number of hydrogen-bond donors (Lipinski definition) is 1. The number of hydrogen-bond acceptors (Lipinski definition) is 2. The molecule has 0 aliphatic rings. The molecule has 0 aliphatic carbocycles. The summed E-state index contributed by atoms with van der Waals surface area (Å²) in [5.41, 5.74) is 2.61. The monoisotopic (exact) mass is 245 g/mol. The molecule has 0 spiro atoms. The minimum Gasteiger partial charge on any atom is -0.382 e. The topological polar surface area (TPSA) is 12.0 Å². The van der Waals surface area contributed by atoms with Gasteiger partial charge in [-0.25, -0.2) is 0 Å². The third kappa shape index (κ3) is 2.89. The van der Waals surface area contributed by atoms with Gasteiger partial charge in [0.05, 0.1) is 0 Å². The van der Waals surface area contributed by atoms with E-state index in [1.54, 1.807) is 0 Å². The summed E-state index contributed by atoms with van der Waals surface area (Å²) in [6.07, 6.45) is 1.09. The summed E-state index contributed by atoms with van der Waals surface area (Å²) < 4.78 is 0. The zero-order valence-electron chi connectivity index (χ0n) is 10.7. The Hall–Kier alpha value is -1.28. The highest BCUT2D eigenvalue weighted by Gasteiger charge is 2.09. The van der Waals surface area contributed by atoms with E-state index in [2.05, 4.69) is 62.5 Å². The molecule has 1 aromatic carbocycles. The van der Waals surface area contributed by atoms with E-state index >= 15 is 0 Å². The van der Waals surface area contributed by atoms with Crippen molar-refractivity contribution in [2.24, 2.45) is 0 Å². The van der Waals surface area contributed by atoms with Crippen molar-refractivity contribution in [1.29, 1.82) is 0 Å². The van der Waals surface area contributed by atoms with Gasteiger partial charge in [-0.15, -0.1) is 11.3 Å². The number of aryl methyl sites for hydroxylation is 1. The van der Waals surface area contributed by atoms with E-state index in [0.29, 0.717) is 6.04 Å². The van der Waals surface area contributed by atoms with E-state index in [4.69, 9.17) is 0 Å². The molecule has 0 saturated carbocycles. The maximum Gasteiger partial charge on any atom is 0.0489 e. The predicted octanol–water partition coefficient (Wildman–Crippen LogP) is 4.80. The number of nitrogens with one attached hydrogen (secondary N) is 1. The molecular weight excluding hydrogens is 226 g/mol. The van der Waals surface area contributed by atoms with Gasteiger partial charge in [0, 0.05) is 21.5 Å². The summed E-state index contributed by atoms with van der Waals surface area (Å²) in [4.78, 5) is 2.79. The van der Waals surface area contributed by atoms with Gasteiger partial charge in [0.2, 0.25) is 0 Å². The lowest BCUT2D eigenvalue weighted by atomic mass is 10.2. The Kier molecular flexibility index (Phi) is 3.85. The fraction of sp³-hybridized carbons (Fsp3) is 0.333. The molecule has 0 bridgehead atoms. The van der Waals surface area contributed by atoms with Crippen LogP contribution in [0.25, 0.3) is 10.4 Å². The second-order valence-electron chi connectivity index (χ2n) is 4.47. The minimum atomic E-state index is 0.485. The van der Waals surface area contributed by atoms with Crippen LogP contribution in [0.3, 0.4) is 0 Å². The van der Waals surface area contributed by atoms with Gasteiger partial charge in [-0.1, -0.05) is 37.3 Å². The van der Waals surface area contributed by atoms with Crippen LogP contribution in [-0.2, 0) is 6.42 Å². The highest BCUT2D eigenvalue weighted by molar-refractivity contribution is 7.16. The summed E-state index contributed by atoms with van der Waals surface area (Å²) in [5, 5.41) is 3.52. The van der Waals surface area contributed by atoms with E-state index in [1.165, 1.54) is 21.0 Å². The standard InChI is InChI=1S/C15H19NS/c1-4-14-13(16-11(2)3)10-15(17-14)12-8-6-5-7-9-12/h5-11,16H,4H2,1-3H3. The number of rotatable bonds is 4. The largest absolute Gasteiger partial charge is 0.382 e. The van der Waals surface area contributed by atoms with Gasteiger partial charge in [0.1, 0.15) is 0 Å². The molecule has 0 atom stereocenters. The Morgan fingerprint density at radius 3 is 2.47 bits per heavy atom. The molecule has 1 N–H and O–H groups in total. The van der Waals surface area contributed by atoms with Crippen molar-refractivity contribution in [2.75, 3.05) is 5.32 Å². The molecule has 1 heterocycles. The summed E-state index contributed by atoms with van der Waals surface area (Å²) >= 11 is 1.89. The molecule has 1 nitrogen and oxygen atoms in total. The third-order valence-corrected chi connectivity index (χ3v) is 3.96. The highest BCUT2D eigenvalue weighted by atomic mass is 32.1. The molecule has 17 heavy (non-hydrogen) atoms. The lowest BCUT2D eigenvalue weighted by Gasteiger charge is -2.09. The van der Waals surface area contributed by atoms with Crippen molar-refractivity contribution in [3.05, 3.63) is 41.3 Å². The van der Waals surface area contributed by atoms with Crippen LogP contribution in [0.2, 0.25) is 0 Å². The average Bonchev–Trinajstić information content (AvgIpc) is 2.72. The molecule has 2 aromatic rings. The van der Waals surface area contributed by atoms with E-state index in [9.17, 15) is 0 Å². The summed E-state index contributed by atoms with van der Waals surface area (Å²) in [5.74, 6) is 0. The van der Waals surface area contributed by atoms with Crippen LogP contribution in [0.5, 0.6) is 0 Å². The van der Waals surface area contributed by atoms with Crippen LogP contribution in [0.1, 0.15) is 25.6 Å². The van der Waals surface area contributed by atoms with Gasteiger partial charge in [-0.2, -0.15) is 0 Å². The lowest BCUT2D eigenvalue weighted by molar-refractivity contribution is 0.897. The van der Waals surface area contributed by atoms with Gasteiger partial charge >= 0.3 is 0 Å². The van der Waals surface area contributed by atoms with Gasteiger partial charge in [0.15, 0.2) is 0 Å². The smallest absolute Gasteiger partial charge is 0.0489 e. The summed E-state index contributed by atoms with van der Waals surface area (Å²) in [6.45, 7) is 6.57. The minimum absolute atomic E-state index is 0.485. The summed E-state index contributed by atoms with van der Waals surface area (Å²) in [6, 6.07) is 13.4. The van der Waals surface area contributed by atoms with Crippen LogP contribution < -0.4 is 5.32 Å².